The van der Waals surface area contributed by atoms with Crippen LogP contribution in [-0.4, -0.2) is 23.6 Å². The van der Waals surface area contributed by atoms with Gasteiger partial charge in [0.2, 0.25) is 0 Å². The fraction of sp³-hybridized carbons (Fsp3) is 0.333. The fourth-order valence-electron chi connectivity index (χ4n) is 1.93. The summed E-state index contributed by atoms with van der Waals surface area (Å²) in [6.45, 7) is 2.14. The van der Waals surface area contributed by atoms with Gasteiger partial charge in [0, 0.05) is 16.6 Å². The van der Waals surface area contributed by atoms with Gasteiger partial charge in [-0.1, -0.05) is 24.9 Å². The number of benzene rings is 1. The number of pyridine rings is 1. The number of carbonyl (C=O) groups excluding carboxylic acids is 1. The first-order valence-corrected chi connectivity index (χ1v) is 7.05. The fourth-order valence-corrected chi connectivity index (χ4v) is 2.10. The van der Waals surface area contributed by atoms with Gasteiger partial charge in [0.25, 0.3) is 5.78 Å². The molecule has 2 rings (SSSR count). The highest BCUT2D eigenvalue weighted by molar-refractivity contribution is 6.31. The number of hydrogen-bond donors (Lipinski definition) is 0. The second-order valence-corrected chi connectivity index (χ2v) is 5.13. The average Bonchev–Trinajstić information content (AvgIpc) is 2.45. The number of rotatable bonds is 5. The van der Waals surface area contributed by atoms with Gasteiger partial charge in [-0.25, -0.2) is 0 Å². The number of unbranched alkanes of at least 4 members (excludes halogenated alkanes) is 1. The molecule has 0 spiro atoms. The van der Waals surface area contributed by atoms with Gasteiger partial charge < -0.3 is 4.74 Å². The van der Waals surface area contributed by atoms with Gasteiger partial charge in [-0.05, 0) is 24.6 Å². The number of Topliss-reactive ketones (excluding diaryl/α,β-unsaturated/α-hetero) is 1. The van der Waals surface area contributed by atoms with E-state index in [0.717, 1.165) is 12.6 Å². The van der Waals surface area contributed by atoms with E-state index in [-0.39, 0.29) is 12.4 Å². The van der Waals surface area contributed by atoms with Gasteiger partial charge in [0.15, 0.2) is 0 Å². The first-order valence-electron chi connectivity index (χ1n) is 6.67. The van der Waals surface area contributed by atoms with Crippen LogP contribution in [0.3, 0.4) is 0 Å². The van der Waals surface area contributed by atoms with Crippen LogP contribution in [0.15, 0.2) is 24.4 Å². The Hall–Kier alpha value is -1.82. The van der Waals surface area contributed by atoms with Gasteiger partial charge in [-0.3, -0.25) is 9.78 Å². The lowest BCUT2D eigenvalue weighted by Gasteiger charge is -2.14. The Morgan fingerprint density at radius 3 is 2.73 bits per heavy atom. The maximum Gasteiger partial charge on any atom is 0.455 e. The quantitative estimate of drug-likeness (QED) is 0.583. The maximum absolute atomic E-state index is 12.7. The van der Waals surface area contributed by atoms with Crippen LogP contribution in [0.2, 0.25) is 5.02 Å². The number of ketones is 1. The summed E-state index contributed by atoms with van der Waals surface area (Å²) in [6.07, 6.45) is -2.62. The Morgan fingerprint density at radius 2 is 2.09 bits per heavy atom. The first kappa shape index (κ1) is 16.5. The van der Waals surface area contributed by atoms with E-state index in [9.17, 15) is 18.0 Å². The summed E-state index contributed by atoms with van der Waals surface area (Å²) in [6, 6.07) is 4.52. The lowest BCUT2D eigenvalue weighted by molar-refractivity contribution is -0.0886. The van der Waals surface area contributed by atoms with Crippen LogP contribution in [0.25, 0.3) is 10.9 Å². The van der Waals surface area contributed by atoms with Crippen molar-refractivity contribution in [2.75, 3.05) is 6.61 Å². The molecule has 0 atom stereocenters. The van der Waals surface area contributed by atoms with Crippen molar-refractivity contribution in [3.05, 3.63) is 35.0 Å². The molecule has 0 unspecified atom stereocenters. The molecule has 0 radical (unpaired) electrons. The van der Waals surface area contributed by atoms with E-state index < -0.39 is 17.5 Å². The van der Waals surface area contributed by atoms with Gasteiger partial charge >= 0.3 is 6.18 Å². The van der Waals surface area contributed by atoms with Crippen LogP contribution in [0.5, 0.6) is 5.75 Å². The molecule has 1 aromatic carbocycles. The van der Waals surface area contributed by atoms with Crippen molar-refractivity contribution in [2.24, 2.45) is 0 Å². The monoisotopic (exact) mass is 331 g/mol. The third-order valence-electron chi connectivity index (χ3n) is 3.03. The molecule has 0 aliphatic heterocycles. The molecule has 0 N–H and O–H groups in total. The molecular weight excluding hydrogens is 319 g/mol. The third-order valence-corrected chi connectivity index (χ3v) is 3.26. The standard InChI is InChI=1S/C15H13ClF3NO2/c1-2-3-6-22-13-10-5-4-9(16)7-12(10)20-8-11(13)14(21)15(17,18)19/h4-5,7-8H,2-3,6H2,1H3. The first-order chi connectivity index (χ1) is 10.3. The van der Waals surface area contributed by atoms with Crippen LogP contribution >= 0.6 is 11.6 Å². The van der Waals surface area contributed by atoms with E-state index in [1.165, 1.54) is 18.2 Å². The number of ether oxygens (including phenoxy) is 1. The van der Waals surface area contributed by atoms with Crippen LogP contribution in [0.4, 0.5) is 13.2 Å². The summed E-state index contributed by atoms with van der Waals surface area (Å²) in [5.74, 6) is -2.07. The minimum absolute atomic E-state index is 0.0996. The SMILES string of the molecule is CCCCOc1c(C(=O)C(F)(F)F)cnc2cc(Cl)ccc12. The van der Waals surface area contributed by atoms with Crippen LogP contribution in [0.1, 0.15) is 30.1 Å². The Bertz CT molecular complexity index is 701. The minimum Gasteiger partial charge on any atom is -0.492 e. The molecule has 0 saturated carbocycles. The summed E-state index contributed by atoms with van der Waals surface area (Å²) in [5, 5.41) is 0.727. The van der Waals surface area contributed by atoms with Crippen molar-refractivity contribution in [1.82, 2.24) is 4.98 Å². The normalized spacial score (nSPS) is 11.7. The van der Waals surface area contributed by atoms with Crippen LogP contribution in [-0.2, 0) is 0 Å². The Balaban J connectivity index is 2.57. The van der Waals surface area contributed by atoms with Crippen molar-refractivity contribution in [1.29, 1.82) is 0 Å². The second-order valence-electron chi connectivity index (χ2n) is 4.69. The molecule has 118 valence electrons. The number of carbonyl (C=O) groups is 1. The number of hydrogen-bond acceptors (Lipinski definition) is 3. The van der Waals surface area contributed by atoms with Gasteiger partial charge in [0.1, 0.15) is 5.75 Å². The molecule has 0 aliphatic rings. The number of halogens is 4. The third kappa shape index (κ3) is 3.50. The van der Waals surface area contributed by atoms with E-state index in [2.05, 4.69) is 4.98 Å². The zero-order valence-corrected chi connectivity index (χ0v) is 12.5. The zero-order chi connectivity index (χ0) is 16.3. The highest BCUT2D eigenvalue weighted by Gasteiger charge is 2.41. The van der Waals surface area contributed by atoms with E-state index in [1.54, 1.807) is 0 Å². The highest BCUT2D eigenvalue weighted by atomic mass is 35.5. The van der Waals surface area contributed by atoms with Crippen molar-refractivity contribution >= 4 is 28.3 Å². The van der Waals surface area contributed by atoms with Gasteiger partial charge in [-0.2, -0.15) is 13.2 Å². The molecule has 0 bridgehead atoms. The molecule has 1 heterocycles. The predicted molar refractivity (Wildman–Crippen MR) is 77.5 cm³/mol. The molecule has 0 fully saturated rings. The maximum atomic E-state index is 12.7. The highest BCUT2D eigenvalue weighted by Crippen LogP contribution is 2.34. The molecule has 3 nitrogen and oxygen atoms in total. The molecule has 0 aliphatic carbocycles. The Labute approximate surface area is 130 Å². The molecule has 0 amide bonds. The molecule has 0 saturated heterocycles. The van der Waals surface area contributed by atoms with Crippen molar-refractivity contribution in [3.8, 4) is 5.75 Å². The van der Waals surface area contributed by atoms with Crippen molar-refractivity contribution in [2.45, 2.75) is 25.9 Å². The summed E-state index contributed by atoms with van der Waals surface area (Å²) < 4.78 is 43.6. The zero-order valence-electron chi connectivity index (χ0n) is 11.7. The van der Waals surface area contributed by atoms with E-state index in [4.69, 9.17) is 16.3 Å². The number of aromatic nitrogens is 1. The second kappa shape index (κ2) is 6.52. The predicted octanol–water partition coefficient (Wildman–Crippen LogP) is 4.81. The molecule has 2 aromatic rings. The number of alkyl halides is 3. The largest absolute Gasteiger partial charge is 0.492 e. The molecule has 7 heteroatoms. The smallest absolute Gasteiger partial charge is 0.455 e. The van der Waals surface area contributed by atoms with E-state index in [1.807, 2.05) is 6.92 Å². The minimum atomic E-state index is -4.98. The van der Waals surface area contributed by atoms with Crippen molar-refractivity contribution in [3.63, 3.8) is 0 Å². The average molecular weight is 332 g/mol. The number of fused-ring (bicyclic) bond motifs is 1. The molecule has 1 aromatic heterocycles. The van der Waals surface area contributed by atoms with Crippen LogP contribution < -0.4 is 4.74 Å². The van der Waals surface area contributed by atoms with E-state index in [0.29, 0.717) is 22.3 Å². The molecular formula is C15H13ClF3NO2. The summed E-state index contributed by atoms with van der Waals surface area (Å²) >= 11 is 5.84. The lowest BCUT2D eigenvalue weighted by Crippen LogP contribution is -2.24. The Kier molecular flexibility index (Phi) is 4.90. The van der Waals surface area contributed by atoms with Crippen LogP contribution in [0, 0.1) is 0 Å². The molecule has 22 heavy (non-hydrogen) atoms. The summed E-state index contributed by atoms with van der Waals surface area (Å²) in [4.78, 5) is 15.4. The van der Waals surface area contributed by atoms with E-state index >= 15 is 0 Å². The Morgan fingerprint density at radius 1 is 1.36 bits per heavy atom. The van der Waals surface area contributed by atoms with Crippen molar-refractivity contribution < 1.29 is 22.7 Å². The van der Waals surface area contributed by atoms with Gasteiger partial charge in [-0.15, -0.1) is 0 Å². The number of nitrogens with zero attached hydrogens (tertiary/aromatic N) is 1. The topological polar surface area (TPSA) is 39.2 Å². The summed E-state index contributed by atoms with van der Waals surface area (Å²) in [7, 11) is 0. The summed E-state index contributed by atoms with van der Waals surface area (Å²) in [5.41, 5.74) is -0.212. The lowest BCUT2D eigenvalue weighted by atomic mass is 10.1. The van der Waals surface area contributed by atoms with Gasteiger partial charge in [0.05, 0.1) is 17.7 Å².